The van der Waals surface area contributed by atoms with Crippen molar-refractivity contribution in [3.05, 3.63) is 71.7 Å². The van der Waals surface area contributed by atoms with E-state index in [2.05, 4.69) is 20.7 Å². The van der Waals surface area contributed by atoms with Gasteiger partial charge in [-0.05, 0) is 48.9 Å². The molecule has 3 heterocycles. The van der Waals surface area contributed by atoms with Crippen LogP contribution in [-0.4, -0.2) is 43.6 Å². The first-order valence-electron chi connectivity index (χ1n) is 9.74. The Morgan fingerprint density at radius 3 is 2.66 bits per heavy atom. The van der Waals surface area contributed by atoms with Crippen LogP contribution in [0.25, 0.3) is 11.0 Å². The van der Waals surface area contributed by atoms with Crippen LogP contribution in [0.15, 0.2) is 54.8 Å². The summed E-state index contributed by atoms with van der Waals surface area (Å²) in [6.45, 7) is 3.77. The van der Waals surface area contributed by atoms with E-state index in [9.17, 15) is 14.3 Å². The predicted octanol–water partition coefficient (Wildman–Crippen LogP) is 3.79. The second kappa shape index (κ2) is 8.03. The smallest absolute Gasteiger partial charge is 0.351 e. The molecule has 0 amide bonds. The topological polar surface area (TPSA) is 71.2 Å². The van der Waals surface area contributed by atoms with Crippen LogP contribution in [0.4, 0.5) is 4.39 Å². The molecule has 1 saturated heterocycles. The SMILES string of the molecule is C/C=C(\C(=O)O)N1CCC(c2cn(Cc3ccc(F)cc3)c3ncncc23)CC1. The lowest BCUT2D eigenvalue weighted by molar-refractivity contribution is -0.134. The summed E-state index contributed by atoms with van der Waals surface area (Å²) >= 11 is 0. The molecule has 2 aromatic heterocycles. The van der Waals surface area contributed by atoms with E-state index < -0.39 is 5.97 Å². The van der Waals surface area contributed by atoms with E-state index in [4.69, 9.17) is 0 Å². The van der Waals surface area contributed by atoms with Crippen LogP contribution < -0.4 is 0 Å². The molecule has 1 fully saturated rings. The van der Waals surface area contributed by atoms with Gasteiger partial charge in [-0.3, -0.25) is 0 Å². The number of piperidine rings is 1. The molecule has 29 heavy (non-hydrogen) atoms. The number of hydrogen-bond donors (Lipinski definition) is 1. The lowest BCUT2D eigenvalue weighted by Crippen LogP contribution is -2.35. The summed E-state index contributed by atoms with van der Waals surface area (Å²) in [5.74, 6) is -0.806. The van der Waals surface area contributed by atoms with Gasteiger partial charge in [-0.15, -0.1) is 0 Å². The molecule has 150 valence electrons. The first kappa shape index (κ1) is 19.1. The summed E-state index contributed by atoms with van der Waals surface area (Å²) in [5, 5.41) is 10.4. The molecule has 6 nitrogen and oxygen atoms in total. The number of rotatable bonds is 5. The van der Waals surface area contributed by atoms with Gasteiger partial charge < -0.3 is 14.6 Å². The number of nitrogens with zero attached hydrogens (tertiary/aromatic N) is 4. The van der Waals surface area contributed by atoms with Crippen LogP contribution >= 0.6 is 0 Å². The van der Waals surface area contributed by atoms with Crippen LogP contribution in [0.3, 0.4) is 0 Å². The Balaban J connectivity index is 1.59. The normalized spacial score (nSPS) is 15.8. The van der Waals surface area contributed by atoms with Gasteiger partial charge in [-0.2, -0.15) is 0 Å². The highest BCUT2D eigenvalue weighted by molar-refractivity contribution is 5.85. The third kappa shape index (κ3) is 3.85. The predicted molar refractivity (Wildman–Crippen MR) is 108 cm³/mol. The molecule has 0 aliphatic carbocycles. The Morgan fingerprint density at radius 1 is 1.28 bits per heavy atom. The third-order valence-electron chi connectivity index (χ3n) is 5.60. The number of fused-ring (bicyclic) bond motifs is 1. The minimum absolute atomic E-state index is 0.247. The van der Waals surface area contributed by atoms with Gasteiger partial charge in [0, 0.05) is 37.4 Å². The van der Waals surface area contributed by atoms with Crippen molar-refractivity contribution in [3.63, 3.8) is 0 Å². The zero-order valence-corrected chi connectivity index (χ0v) is 16.3. The molecule has 1 aliphatic heterocycles. The molecule has 1 N–H and O–H groups in total. The highest BCUT2D eigenvalue weighted by Crippen LogP contribution is 2.34. The maximum atomic E-state index is 13.2. The second-order valence-electron chi connectivity index (χ2n) is 7.34. The van der Waals surface area contributed by atoms with Crippen LogP contribution in [0, 0.1) is 5.82 Å². The Labute approximate surface area is 168 Å². The van der Waals surface area contributed by atoms with Crippen LogP contribution in [0.2, 0.25) is 0 Å². The zero-order chi connectivity index (χ0) is 20.4. The molecule has 0 bridgehead atoms. The first-order valence-corrected chi connectivity index (χ1v) is 9.74. The summed E-state index contributed by atoms with van der Waals surface area (Å²) in [7, 11) is 0. The lowest BCUT2D eigenvalue weighted by Gasteiger charge is -2.33. The van der Waals surface area contributed by atoms with Crippen molar-refractivity contribution in [2.75, 3.05) is 13.1 Å². The number of halogens is 1. The maximum absolute atomic E-state index is 13.2. The van der Waals surface area contributed by atoms with Crippen molar-refractivity contribution in [3.8, 4) is 0 Å². The monoisotopic (exact) mass is 394 g/mol. The van der Waals surface area contributed by atoms with Crippen molar-refractivity contribution in [2.45, 2.75) is 32.2 Å². The van der Waals surface area contributed by atoms with Crippen molar-refractivity contribution < 1.29 is 14.3 Å². The number of aromatic nitrogens is 3. The molecule has 3 aromatic rings. The highest BCUT2D eigenvalue weighted by atomic mass is 19.1. The summed E-state index contributed by atoms with van der Waals surface area (Å²) < 4.78 is 15.3. The quantitative estimate of drug-likeness (QED) is 0.667. The van der Waals surface area contributed by atoms with Crippen LogP contribution in [-0.2, 0) is 11.3 Å². The summed E-state index contributed by atoms with van der Waals surface area (Å²) in [5.41, 5.74) is 3.43. The molecule has 4 rings (SSSR count). The van der Waals surface area contributed by atoms with Gasteiger partial charge >= 0.3 is 5.97 Å². The van der Waals surface area contributed by atoms with E-state index in [0.717, 1.165) is 29.4 Å². The zero-order valence-electron chi connectivity index (χ0n) is 16.3. The fraction of sp³-hybridized carbons (Fsp3) is 0.318. The highest BCUT2D eigenvalue weighted by Gasteiger charge is 2.27. The minimum atomic E-state index is -0.879. The number of carbonyl (C=O) groups is 1. The fourth-order valence-corrected chi connectivity index (χ4v) is 4.16. The minimum Gasteiger partial charge on any atom is -0.477 e. The molecule has 0 saturated carbocycles. The van der Waals surface area contributed by atoms with Crippen molar-refractivity contribution >= 4 is 17.0 Å². The number of benzene rings is 1. The number of likely N-dealkylation sites (tertiary alicyclic amines) is 1. The van der Waals surface area contributed by atoms with Gasteiger partial charge in [0.15, 0.2) is 0 Å². The molecular weight excluding hydrogens is 371 g/mol. The average molecular weight is 394 g/mol. The molecule has 0 unspecified atom stereocenters. The molecule has 0 spiro atoms. The molecule has 0 radical (unpaired) electrons. The van der Waals surface area contributed by atoms with E-state index in [1.807, 2.05) is 11.1 Å². The summed E-state index contributed by atoms with van der Waals surface area (Å²) in [4.78, 5) is 22.0. The van der Waals surface area contributed by atoms with Gasteiger partial charge in [0.2, 0.25) is 0 Å². The average Bonchev–Trinajstić information content (AvgIpc) is 3.09. The summed E-state index contributed by atoms with van der Waals surface area (Å²) in [6, 6.07) is 6.50. The van der Waals surface area contributed by atoms with Gasteiger partial charge in [0.25, 0.3) is 0 Å². The Hall–Kier alpha value is -3.22. The number of allylic oxidation sites excluding steroid dienone is 1. The van der Waals surface area contributed by atoms with Gasteiger partial charge in [0.05, 0.1) is 0 Å². The van der Waals surface area contributed by atoms with E-state index in [1.54, 1.807) is 31.5 Å². The van der Waals surface area contributed by atoms with E-state index in [-0.39, 0.29) is 5.82 Å². The molecule has 1 aromatic carbocycles. The largest absolute Gasteiger partial charge is 0.477 e. The molecule has 1 aliphatic rings. The van der Waals surface area contributed by atoms with E-state index in [0.29, 0.717) is 31.2 Å². The number of carboxylic acid groups (broad SMARTS) is 1. The van der Waals surface area contributed by atoms with Crippen molar-refractivity contribution in [2.24, 2.45) is 0 Å². The second-order valence-corrected chi connectivity index (χ2v) is 7.34. The Kier molecular flexibility index (Phi) is 5.29. The Morgan fingerprint density at radius 2 is 2.00 bits per heavy atom. The third-order valence-corrected chi connectivity index (χ3v) is 5.60. The molecular formula is C22H23FN4O2. The van der Waals surface area contributed by atoms with Gasteiger partial charge in [-0.25, -0.2) is 19.2 Å². The molecule has 0 atom stereocenters. The number of aliphatic carboxylic acids is 1. The van der Waals surface area contributed by atoms with E-state index in [1.165, 1.54) is 17.7 Å². The lowest BCUT2D eigenvalue weighted by atomic mass is 9.89. The van der Waals surface area contributed by atoms with Crippen LogP contribution in [0.1, 0.15) is 36.8 Å². The molecule has 7 heteroatoms. The van der Waals surface area contributed by atoms with E-state index >= 15 is 0 Å². The van der Waals surface area contributed by atoms with Gasteiger partial charge in [0.1, 0.15) is 23.5 Å². The Bertz CT molecular complexity index is 1050. The number of hydrogen-bond acceptors (Lipinski definition) is 4. The first-order chi connectivity index (χ1) is 14.1. The number of carboxylic acids is 1. The standard InChI is InChI=1S/C22H23FN4O2/c1-2-20(22(28)29)26-9-7-16(8-10-26)19-13-27(21-18(19)11-24-14-25-21)12-15-3-5-17(23)6-4-15/h2-6,11,13-14,16H,7-10,12H2,1H3,(H,28,29)/b20-2+. The van der Waals surface area contributed by atoms with Crippen molar-refractivity contribution in [1.82, 2.24) is 19.4 Å². The van der Waals surface area contributed by atoms with Crippen LogP contribution in [0.5, 0.6) is 0 Å². The van der Waals surface area contributed by atoms with Gasteiger partial charge in [-0.1, -0.05) is 18.2 Å². The summed E-state index contributed by atoms with van der Waals surface area (Å²) in [6.07, 6.45) is 8.91. The fourth-order valence-electron chi connectivity index (χ4n) is 4.16. The van der Waals surface area contributed by atoms with Crippen molar-refractivity contribution in [1.29, 1.82) is 0 Å². The maximum Gasteiger partial charge on any atom is 0.351 e.